The average Bonchev–Trinajstić information content (AvgIpc) is 2.69. The Morgan fingerprint density at radius 3 is 2.30 bits per heavy atom. The highest BCUT2D eigenvalue weighted by atomic mass is 32.2. The number of hydrogen-bond acceptors (Lipinski definition) is 4. The number of amides is 1. The van der Waals surface area contributed by atoms with Crippen molar-refractivity contribution in [2.45, 2.75) is 12.3 Å². The highest BCUT2D eigenvalue weighted by Crippen LogP contribution is 2.17. The molecule has 2 aromatic carbocycles. The molecule has 0 aliphatic carbocycles. The third-order valence-corrected chi connectivity index (χ3v) is 5.71. The zero-order chi connectivity index (χ0) is 19.1. The second-order valence-corrected chi connectivity index (χ2v) is 7.84. The van der Waals surface area contributed by atoms with E-state index in [1.54, 1.807) is 12.1 Å². The lowest BCUT2D eigenvalue weighted by molar-refractivity contribution is -0.118. The standard InChI is InChI=1S/C21H26FN3OS/c1-24-10-12-25(13-11-24)20-8-4-17(5-9-20)14-23-21(26)16-27-15-18-2-6-19(22)7-3-18/h2-9H,10-16H2,1H3,(H,23,26). The van der Waals surface area contributed by atoms with Gasteiger partial charge in [-0.15, -0.1) is 11.8 Å². The van der Waals surface area contributed by atoms with Crippen molar-refractivity contribution < 1.29 is 9.18 Å². The minimum Gasteiger partial charge on any atom is -0.369 e. The molecule has 2 aromatic rings. The maximum atomic E-state index is 12.9. The molecule has 1 fully saturated rings. The molecule has 1 saturated heterocycles. The summed E-state index contributed by atoms with van der Waals surface area (Å²) in [4.78, 5) is 16.7. The number of halogens is 1. The van der Waals surface area contributed by atoms with Gasteiger partial charge in [-0.2, -0.15) is 0 Å². The summed E-state index contributed by atoms with van der Waals surface area (Å²) in [6.07, 6.45) is 0. The van der Waals surface area contributed by atoms with Gasteiger partial charge >= 0.3 is 0 Å². The number of hydrogen-bond donors (Lipinski definition) is 1. The van der Waals surface area contributed by atoms with E-state index in [0.717, 1.165) is 37.3 Å². The van der Waals surface area contributed by atoms with E-state index in [2.05, 4.69) is 46.4 Å². The summed E-state index contributed by atoms with van der Waals surface area (Å²) >= 11 is 1.53. The highest BCUT2D eigenvalue weighted by molar-refractivity contribution is 7.99. The van der Waals surface area contributed by atoms with Gasteiger partial charge in [0.1, 0.15) is 5.82 Å². The van der Waals surface area contributed by atoms with Crippen molar-refractivity contribution in [2.24, 2.45) is 0 Å². The van der Waals surface area contributed by atoms with E-state index in [9.17, 15) is 9.18 Å². The molecule has 144 valence electrons. The summed E-state index contributed by atoms with van der Waals surface area (Å²) in [5.41, 5.74) is 3.37. The van der Waals surface area contributed by atoms with Crippen LogP contribution in [0.25, 0.3) is 0 Å². The van der Waals surface area contributed by atoms with Crippen LogP contribution in [0.15, 0.2) is 48.5 Å². The molecule has 1 amide bonds. The first-order valence-electron chi connectivity index (χ1n) is 9.21. The largest absolute Gasteiger partial charge is 0.369 e. The lowest BCUT2D eigenvalue weighted by atomic mass is 10.2. The number of carbonyl (C=O) groups excluding carboxylic acids is 1. The number of rotatable bonds is 7. The molecule has 1 N–H and O–H groups in total. The molecule has 0 unspecified atom stereocenters. The monoisotopic (exact) mass is 387 g/mol. The van der Waals surface area contributed by atoms with Crippen molar-refractivity contribution in [3.63, 3.8) is 0 Å². The quantitative estimate of drug-likeness (QED) is 0.792. The van der Waals surface area contributed by atoms with E-state index in [1.807, 2.05) is 0 Å². The second-order valence-electron chi connectivity index (χ2n) is 6.85. The van der Waals surface area contributed by atoms with E-state index < -0.39 is 0 Å². The maximum absolute atomic E-state index is 12.9. The van der Waals surface area contributed by atoms with Gasteiger partial charge in [-0.25, -0.2) is 4.39 Å². The van der Waals surface area contributed by atoms with Gasteiger partial charge in [-0.1, -0.05) is 24.3 Å². The highest BCUT2D eigenvalue weighted by Gasteiger charge is 2.14. The van der Waals surface area contributed by atoms with Crippen LogP contribution >= 0.6 is 11.8 Å². The van der Waals surface area contributed by atoms with Gasteiger partial charge in [0, 0.05) is 44.2 Å². The molecule has 1 heterocycles. The summed E-state index contributed by atoms with van der Waals surface area (Å²) in [6.45, 7) is 4.83. The Balaban J connectivity index is 1.37. The van der Waals surface area contributed by atoms with E-state index in [1.165, 1.54) is 29.6 Å². The zero-order valence-corrected chi connectivity index (χ0v) is 16.5. The molecule has 27 heavy (non-hydrogen) atoms. The fraction of sp³-hybridized carbons (Fsp3) is 0.381. The Kier molecular flexibility index (Phi) is 7.12. The molecular formula is C21H26FN3OS. The molecule has 1 aliphatic rings. The van der Waals surface area contributed by atoms with Gasteiger partial charge in [0.15, 0.2) is 0 Å². The van der Waals surface area contributed by atoms with Crippen molar-refractivity contribution in [1.82, 2.24) is 10.2 Å². The summed E-state index contributed by atoms with van der Waals surface area (Å²) in [5, 5.41) is 2.96. The SMILES string of the molecule is CN1CCN(c2ccc(CNC(=O)CSCc3ccc(F)cc3)cc2)CC1. The smallest absolute Gasteiger partial charge is 0.230 e. The number of thioether (sulfide) groups is 1. The predicted octanol–water partition coefficient (Wildman–Crippen LogP) is 3.13. The number of nitrogens with zero attached hydrogens (tertiary/aromatic N) is 2. The van der Waals surface area contributed by atoms with E-state index in [4.69, 9.17) is 0 Å². The average molecular weight is 388 g/mol. The number of anilines is 1. The van der Waals surface area contributed by atoms with Gasteiger partial charge in [0.2, 0.25) is 5.91 Å². The van der Waals surface area contributed by atoms with Crippen molar-refractivity contribution in [1.29, 1.82) is 0 Å². The van der Waals surface area contributed by atoms with Crippen LogP contribution in [0.4, 0.5) is 10.1 Å². The Labute approximate surface area is 164 Å². The van der Waals surface area contributed by atoms with E-state index in [0.29, 0.717) is 18.1 Å². The zero-order valence-electron chi connectivity index (χ0n) is 15.7. The van der Waals surface area contributed by atoms with Crippen molar-refractivity contribution in [3.05, 3.63) is 65.5 Å². The van der Waals surface area contributed by atoms with Crippen LogP contribution in [0.2, 0.25) is 0 Å². The van der Waals surface area contributed by atoms with Crippen molar-refractivity contribution in [3.8, 4) is 0 Å². The Hall–Kier alpha value is -2.05. The normalized spacial score (nSPS) is 15.0. The van der Waals surface area contributed by atoms with Gasteiger partial charge < -0.3 is 15.1 Å². The first-order chi connectivity index (χ1) is 13.1. The fourth-order valence-electron chi connectivity index (χ4n) is 2.98. The summed E-state index contributed by atoms with van der Waals surface area (Å²) in [7, 11) is 2.15. The lowest BCUT2D eigenvalue weighted by Crippen LogP contribution is -2.44. The van der Waals surface area contributed by atoms with Crippen molar-refractivity contribution in [2.75, 3.05) is 43.9 Å². The number of nitrogens with one attached hydrogen (secondary N) is 1. The van der Waals surface area contributed by atoms with Crippen LogP contribution in [0, 0.1) is 5.82 Å². The minimum absolute atomic E-state index is 0.0188. The molecule has 3 rings (SSSR count). The predicted molar refractivity (Wildman–Crippen MR) is 111 cm³/mol. The third-order valence-electron chi connectivity index (χ3n) is 4.71. The van der Waals surface area contributed by atoms with Crippen LogP contribution in [-0.4, -0.2) is 49.8 Å². The van der Waals surface area contributed by atoms with E-state index >= 15 is 0 Å². The molecular weight excluding hydrogens is 361 g/mol. The van der Waals surface area contributed by atoms with Gasteiger partial charge in [0.25, 0.3) is 0 Å². The molecule has 6 heteroatoms. The lowest BCUT2D eigenvalue weighted by Gasteiger charge is -2.34. The second kappa shape index (κ2) is 9.76. The summed E-state index contributed by atoms with van der Waals surface area (Å²) in [6, 6.07) is 14.8. The molecule has 0 bridgehead atoms. The van der Waals surface area contributed by atoms with Crippen LogP contribution in [0.1, 0.15) is 11.1 Å². The topological polar surface area (TPSA) is 35.6 Å². The van der Waals surface area contributed by atoms with Gasteiger partial charge in [0.05, 0.1) is 5.75 Å². The van der Waals surface area contributed by atoms with E-state index in [-0.39, 0.29) is 11.7 Å². The van der Waals surface area contributed by atoms with Crippen LogP contribution in [-0.2, 0) is 17.1 Å². The molecule has 0 atom stereocenters. The minimum atomic E-state index is -0.236. The first kappa shape index (κ1) is 19.7. The molecule has 4 nitrogen and oxygen atoms in total. The van der Waals surface area contributed by atoms with Crippen molar-refractivity contribution >= 4 is 23.4 Å². The van der Waals surface area contributed by atoms with Crippen LogP contribution in [0.3, 0.4) is 0 Å². The Bertz CT molecular complexity index is 728. The molecule has 0 aromatic heterocycles. The fourth-order valence-corrected chi connectivity index (χ4v) is 3.80. The third kappa shape index (κ3) is 6.26. The number of carbonyl (C=O) groups is 1. The van der Waals surface area contributed by atoms with Gasteiger partial charge in [-0.05, 0) is 42.4 Å². The van der Waals surface area contributed by atoms with Crippen LogP contribution in [0.5, 0.6) is 0 Å². The molecule has 1 aliphatic heterocycles. The number of benzene rings is 2. The molecule has 0 spiro atoms. The Morgan fingerprint density at radius 2 is 1.63 bits per heavy atom. The molecule has 0 saturated carbocycles. The number of piperazine rings is 1. The van der Waals surface area contributed by atoms with Crippen LogP contribution < -0.4 is 10.2 Å². The summed E-state index contributed by atoms with van der Waals surface area (Å²) < 4.78 is 12.9. The maximum Gasteiger partial charge on any atom is 0.230 e. The van der Waals surface area contributed by atoms with Gasteiger partial charge in [-0.3, -0.25) is 4.79 Å². The Morgan fingerprint density at radius 1 is 1.00 bits per heavy atom. The molecule has 0 radical (unpaired) electrons. The first-order valence-corrected chi connectivity index (χ1v) is 10.4. The number of likely N-dealkylation sites (N-methyl/N-ethyl adjacent to an activating group) is 1. The summed E-state index contributed by atoms with van der Waals surface area (Å²) in [5.74, 6) is 0.884.